The Morgan fingerprint density at radius 3 is 2.81 bits per heavy atom. The summed E-state index contributed by atoms with van der Waals surface area (Å²) in [6.45, 7) is 1.18. The highest BCUT2D eigenvalue weighted by molar-refractivity contribution is 5.79. The first-order chi connectivity index (χ1) is 7.93. The molecule has 84 valence electrons. The molecular weight excluding hydrogens is 194 g/mol. The lowest BCUT2D eigenvalue weighted by Gasteiger charge is -2.25. The van der Waals surface area contributed by atoms with E-state index in [1.807, 2.05) is 0 Å². The number of para-hydroxylation sites is 1. The SMILES string of the molecule is c1ccc2c(c1)ccn2CCCC1CCC1. The second-order valence-corrected chi connectivity index (χ2v) is 5.01. The van der Waals surface area contributed by atoms with Crippen LogP contribution in [0.25, 0.3) is 10.9 Å². The molecule has 2 aromatic rings. The molecule has 0 spiro atoms. The van der Waals surface area contributed by atoms with Gasteiger partial charge in [0.25, 0.3) is 0 Å². The molecule has 0 radical (unpaired) electrons. The molecule has 1 aromatic carbocycles. The number of fused-ring (bicyclic) bond motifs is 1. The average molecular weight is 213 g/mol. The number of aryl methyl sites for hydroxylation is 1. The predicted molar refractivity (Wildman–Crippen MR) is 68.5 cm³/mol. The molecule has 0 atom stereocenters. The highest BCUT2D eigenvalue weighted by Crippen LogP contribution is 2.30. The third kappa shape index (κ3) is 1.87. The molecule has 1 heteroatoms. The third-order valence-electron chi connectivity index (χ3n) is 3.92. The van der Waals surface area contributed by atoms with Crippen LogP contribution in [0.2, 0.25) is 0 Å². The van der Waals surface area contributed by atoms with Crippen molar-refractivity contribution in [3.63, 3.8) is 0 Å². The summed E-state index contributed by atoms with van der Waals surface area (Å²) in [5.41, 5.74) is 1.39. The summed E-state index contributed by atoms with van der Waals surface area (Å²) >= 11 is 0. The zero-order chi connectivity index (χ0) is 10.8. The van der Waals surface area contributed by atoms with E-state index in [1.54, 1.807) is 0 Å². The third-order valence-corrected chi connectivity index (χ3v) is 3.92. The van der Waals surface area contributed by atoms with Crippen LogP contribution in [0.5, 0.6) is 0 Å². The van der Waals surface area contributed by atoms with Crippen LogP contribution >= 0.6 is 0 Å². The van der Waals surface area contributed by atoms with E-state index in [2.05, 4.69) is 41.1 Å². The summed E-state index contributed by atoms with van der Waals surface area (Å²) in [5, 5.41) is 1.37. The molecule has 0 aliphatic heterocycles. The molecule has 1 saturated carbocycles. The van der Waals surface area contributed by atoms with Crippen molar-refractivity contribution in [3.8, 4) is 0 Å². The summed E-state index contributed by atoms with van der Waals surface area (Å²) in [6, 6.07) is 10.9. The quantitative estimate of drug-likeness (QED) is 0.716. The lowest BCUT2D eigenvalue weighted by molar-refractivity contribution is 0.285. The summed E-state index contributed by atoms with van der Waals surface area (Å²) < 4.78 is 2.40. The number of hydrogen-bond donors (Lipinski definition) is 0. The van der Waals surface area contributed by atoms with Gasteiger partial charge in [0.1, 0.15) is 0 Å². The normalized spacial score (nSPS) is 16.5. The number of aromatic nitrogens is 1. The van der Waals surface area contributed by atoms with Gasteiger partial charge in [0.2, 0.25) is 0 Å². The first kappa shape index (κ1) is 9.95. The monoisotopic (exact) mass is 213 g/mol. The van der Waals surface area contributed by atoms with E-state index in [0.717, 1.165) is 5.92 Å². The van der Waals surface area contributed by atoms with Gasteiger partial charge in [-0.3, -0.25) is 0 Å². The van der Waals surface area contributed by atoms with Crippen LogP contribution in [0.1, 0.15) is 32.1 Å². The number of hydrogen-bond acceptors (Lipinski definition) is 0. The van der Waals surface area contributed by atoms with Gasteiger partial charge in [-0.1, -0.05) is 37.5 Å². The highest BCUT2D eigenvalue weighted by atomic mass is 14.9. The van der Waals surface area contributed by atoms with Gasteiger partial charge in [-0.15, -0.1) is 0 Å². The zero-order valence-corrected chi connectivity index (χ0v) is 9.73. The van der Waals surface area contributed by atoms with Gasteiger partial charge in [-0.25, -0.2) is 0 Å². The van der Waals surface area contributed by atoms with Crippen molar-refractivity contribution in [2.75, 3.05) is 0 Å². The van der Waals surface area contributed by atoms with Crippen LogP contribution in [-0.4, -0.2) is 4.57 Å². The molecule has 3 rings (SSSR count). The van der Waals surface area contributed by atoms with E-state index in [-0.39, 0.29) is 0 Å². The highest BCUT2D eigenvalue weighted by Gasteiger charge is 2.16. The molecule has 0 unspecified atom stereocenters. The van der Waals surface area contributed by atoms with Crippen molar-refractivity contribution in [3.05, 3.63) is 36.5 Å². The zero-order valence-electron chi connectivity index (χ0n) is 9.73. The maximum absolute atomic E-state index is 2.40. The topological polar surface area (TPSA) is 4.93 Å². The van der Waals surface area contributed by atoms with Gasteiger partial charge in [-0.2, -0.15) is 0 Å². The van der Waals surface area contributed by atoms with Crippen molar-refractivity contribution in [1.82, 2.24) is 4.57 Å². The number of nitrogens with zero attached hydrogens (tertiary/aromatic N) is 1. The molecule has 0 N–H and O–H groups in total. The summed E-state index contributed by atoms with van der Waals surface area (Å²) in [7, 11) is 0. The Bertz CT molecular complexity index is 465. The maximum Gasteiger partial charge on any atom is 0.0480 e. The molecule has 0 amide bonds. The molecular formula is C15H19N. The molecule has 1 heterocycles. The van der Waals surface area contributed by atoms with Gasteiger partial charge in [0, 0.05) is 18.3 Å². The molecule has 1 nitrogen and oxygen atoms in total. The van der Waals surface area contributed by atoms with E-state index in [4.69, 9.17) is 0 Å². The fourth-order valence-corrected chi connectivity index (χ4v) is 2.67. The smallest absolute Gasteiger partial charge is 0.0480 e. The summed E-state index contributed by atoms with van der Waals surface area (Å²) in [5.74, 6) is 1.04. The Labute approximate surface area is 97.1 Å². The predicted octanol–water partition coefficient (Wildman–Crippen LogP) is 4.22. The molecule has 0 bridgehead atoms. The summed E-state index contributed by atoms with van der Waals surface area (Å²) in [6.07, 6.45) is 9.41. The van der Waals surface area contributed by atoms with Crippen LogP contribution in [-0.2, 0) is 6.54 Å². The maximum atomic E-state index is 2.40. The van der Waals surface area contributed by atoms with Crippen LogP contribution in [0.4, 0.5) is 0 Å². The standard InChI is InChI=1S/C15H19N/c1-2-9-15-14(8-1)10-12-16(15)11-4-7-13-5-3-6-13/h1-2,8-10,12-13H,3-7,11H2. The molecule has 1 aliphatic rings. The minimum atomic E-state index is 1.04. The summed E-state index contributed by atoms with van der Waals surface area (Å²) in [4.78, 5) is 0. The van der Waals surface area contributed by atoms with E-state index in [0.29, 0.717) is 0 Å². The Kier molecular flexibility index (Phi) is 2.69. The molecule has 16 heavy (non-hydrogen) atoms. The second kappa shape index (κ2) is 4.32. The minimum Gasteiger partial charge on any atom is -0.347 e. The Balaban J connectivity index is 1.64. The van der Waals surface area contributed by atoms with Crippen molar-refractivity contribution in [1.29, 1.82) is 0 Å². The van der Waals surface area contributed by atoms with Gasteiger partial charge in [0.05, 0.1) is 0 Å². The van der Waals surface area contributed by atoms with Crippen molar-refractivity contribution < 1.29 is 0 Å². The second-order valence-electron chi connectivity index (χ2n) is 5.01. The average Bonchev–Trinajstić information content (AvgIpc) is 2.65. The lowest BCUT2D eigenvalue weighted by Crippen LogP contribution is -2.11. The first-order valence-electron chi connectivity index (χ1n) is 6.47. The minimum absolute atomic E-state index is 1.04. The van der Waals surface area contributed by atoms with E-state index >= 15 is 0 Å². The Morgan fingerprint density at radius 2 is 2.00 bits per heavy atom. The van der Waals surface area contributed by atoms with Crippen LogP contribution < -0.4 is 0 Å². The Hall–Kier alpha value is -1.24. The van der Waals surface area contributed by atoms with Crippen LogP contribution in [0.15, 0.2) is 36.5 Å². The van der Waals surface area contributed by atoms with E-state index in [9.17, 15) is 0 Å². The van der Waals surface area contributed by atoms with Gasteiger partial charge >= 0.3 is 0 Å². The number of benzene rings is 1. The van der Waals surface area contributed by atoms with Gasteiger partial charge in [-0.05, 0) is 36.3 Å². The lowest BCUT2D eigenvalue weighted by atomic mass is 9.82. The van der Waals surface area contributed by atoms with E-state index in [1.165, 1.54) is 49.6 Å². The van der Waals surface area contributed by atoms with E-state index < -0.39 is 0 Å². The molecule has 1 aromatic heterocycles. The van der Waals surface area contributed by atoms with Crippen LogP contribution in [0, 0.1) is 5.92 Å². The van der Waals surface area contributed by atoms with Gasteiger partial charge in [0.15, 0.2) is 0 Å². The fraction of sp³-hybridized carbons (Fsp3) is 0.467. The van der Waals surface area contributed by atoms with Crippen LogP contribution in [0.3, 0.4) is 0 Å². The largest absolute Gasteiger partial charge is 0.347 e. The molecule has 0 saturated heterocycles. The van der Waals surface area contributed by atoms with Crippen molar-refractivity contribution in [2.45, 2.75) is 38.6 Å². The molecule has 1 aliphatic carbocycles. The number of rotatable bonds is 4. The first-order valence-corrected chi connectivity index (χ1v) is 6.47. The molecule has 1 fully saturated rings. The Morgan fingerprint density at radius 1 is 1.12 bits per heavy atom. The van der Waals surface area contributed by atoms with Crippen molar-refractivity contribution in [2.24, 2.45) is 5.92 Å². The van der Waals surface area contributed by atoms with Gasteiger partial charge < -0.3 is 4.57 Å². The van der Waals surface area contributed by atoms with Crippen molar-refractivity contribution >= 4 is 10.9 Å². The fourth-order valence-electron chi connectivity index (χ4n) is 2.67.